The Morgan fingerprint density at radius 2 is 1.56 bits per heavy atom. The molecule has 16 heavy (non-hydrogen) atoms. The minimum Gasteiger partial charge on any atom is -0.490 e. The van der Waals surface area contributed by atoms with Crippen molar-refractivity contribution in [3.63, 3.8) is 0 Å². The second kappa shape index (κ2) is 3.69. The Hall–Kier alpha value is -2.31. The van der Waals surface area contributed by atoms with Crippen LogP contribution in [-0.4, -0.2) is 6.41 Å². The summed E-state index contributed by atoms with van der Waals surface area (Å²) in [5.41, 5.74) is 6.74. The Balaban J connectivity index is 0.000000963. The molecule has 3 rings (SSSR count). The number of hydrogen-bond acceptors (Lipinski definition) is 1. The topological polar surface area (TPSA) is 29.1 Å². The molecular weight excluding hydrogens is 453 g/mol. The van der Waals surface area contributed by atoms with E-state index < -0.39 is 0 Å². The molecule has 80 valence electrons. The molecule has 2 aliphatic carbocycles. The third-order valence-corrected chi connectivity index (χ3v) is 3.65. The maximum atomic E-state index is 10.5. The third kappa shape index (κ3) is 1.25. The molecule has 0 saturated heterocycles. The zero-order valence-corrected chi connectivity index (χ0v) is 15.8. The van der Waals surface area contributed by atoms with E-state index in [1.165, 1.54) is 47.9 Å². The molecule has 0 radical (unpaired) electrons. The first-order valence-corrected chi connectivity index (χ1v) is 5.70. The number of rotatable bonds is 2. The zero-order chi connectivity index (χ0) is 10.3. The van der Waals surface area contributed by atoms with Crippen molar-refractivity contribution in [2.24, 2.45) is 0 Å². The molecule has 0 spiro atoms. The van der Waals surface area contributed by atoms with Gasteiger partial charge in [0.25, 0.3) is 0 Å². The predicted octanol–water partition coefficient (Wildman–Crippen LogP) is 2.14. The summed E-state index contributed by atoms with van der Waals surface area (Å²) in [4.78, 5) is 10.5. The number of carbonyl (C=O) groups excluding carboxylic acids is 1. The van der Waals surface area contributed by atoms with E-state index >= 15 is 0 Å². The van der Waals surface area contributed by atoms with Gasteiger partial charge in [-0.2, -0.15) is 0 Å². The molecule has 0 atom stereocenters. The van der Waals surface area contributed by atoms with E-state index in [-0.39, 0.29) is 0 Å². The van der Waals surface area contributed by atoms with E-state index in [0.717, 1.165) is 18.5 Å². The van der Waals surface area contributed by atoms with Gasteiger partial charge in [-0.25, -0.2) is 0 Å². The van der Waals surface area contributed by atoms with Crippen LogP contribution in [0, 0.1) is 0 Å². The van der Waals surface area contributed by atoms with E-state index in [2.05, 4.69) is 11.4 Å². The van der Waals surface area contributed by atoms with E-state index in [1.54, 1.807) is 0 Å². The molecule has 3 heteroatoms. The minimum absolute atomic E-state index is 0. The molecule has 0 aromatic heterocycles. The van der Waals surface area contributed by atoms with E-state index in [0.29, 0.717) is 0 Å². The minimum atomic E-state index is 0. The van der Waals surface area contributed by atoms with E-state index in [9.17, 15) is 4.79 Å². The Morgan fingerprint density at radius 3 is 2.06 bits per heavy atom. The first-order valence-electron chi connectivity index (χ1n) is 5.70. The second-order valence-electron chi connectivity index (χ2n) is 4.46. The molecule has 1 N–H and O–H groups in total. The molecule has 2 aliphatic rings. The maximum Gasteiger partial charge on any atom is 0.0692 e. The standard InChI is InChI=1S/C13H14NO.Rf/c15-8-14-13-11-5-1-3-9(11)7-10-4-2-6-12(10)13;/h7H,1-6H2,(H,14,15);/q-1;. The number of fused-ring (bicyclic) bond motifs is 2. The van der Waals surface area contributed by atoms with Gasteiger partial charge in [0.15, 0.2) is 0 Å². The molecule has 0 bridgehead atoms. The fourth-order valence-corrected chi connectivity index (χ4v) is 3.02. The van der Waals surface area contributed by atoms with Gasteiger partial charge in [0.05, 0.1) is 6.41 Å². The number of hydrogen-bond donors (Lipinski definition) is 1. The summed E-state index contributed by atoms with van der Waals surface area (Å²) < 4.78 is 0. The second-order valence-corrected chi connectivity index (χ2v) is 4.46. The fraction of sp³-hybridized carbons (Fsp3) is 0.462. The Kier molecular flexibility index (Phi) is 2.35. The van der Waals surface area contributed by atoms with Crippen LogP contribution in [0.5, 0.6) is 0 Å². The summed E-state index contributed by atoms with van der Waals surface area (Å²) in [7, 11) is 0. The monoisotopic (exact) mass is 467 g/mol. The molecule has 0 fully saturated rings. The summed E-state index contributed by atoms with van der Waals surface area (Å²) in [5.74, 6) is 0. The maximum absolute atomic E-state index is 10.5. The fourth-order valence-electron chi connectivity index (χ4n) is 3.02. The van der Waals surface area contributed by atoms with Crippen molar-refractivity contribution in [2.75, 3.05) is 5.32 Å². The molecule has 1 aromatic carbocycles. The van der Waals surface area contributed by atoms with Crippen LogP contribution in [0.15, 0.2) is 6.07 Å². The summed E-state index contributed by atoms with van der Waals surface area (Å²) in [6.45, 7) is 0. The van der Waals surface area contributed by atoms with Gasteiger partial charge < -0.3 is 10.1 Å². The van der Waals surface area contributed by atoms with Crippen molar-refractivity contribution in [2.45, 2.75) is 38.5 Å². The first kappa shape index (κ1) is 10.2. The molecule has 0 heterocycles. The number of anilines is 1. The summed E-state index contributed by atoms with van der Waals surface area (Å²) in [6, 6.07) is 2.36. The average molecular weight is 467 g/mol. The van der Waals surface area contributed by atoms with Gasteiger partial charge in [0.2, 0.25) is 0 Å². The van der Waals surface area contributed by atoms with Crippen LogP contribution in [0.2, 0.25) is 0 Å². The van der Waals surface area contributed by atoms with Gasteiger partial charge in [0.1, 0.15) is 0 Å². The molecule has 1 aromatic rings. The van der Waals surface area contributed by atoms with Crippen molar-refractivity contribution < 1.29 is 4.79 Å². The number of aryl methyl sites for hydroxylation is 2. The van der Waals surface area contributed by atoms with Crippen molar-refractivity contribution >= 4 is 12.1 Å². The van der Waals surface area contributed by atoms with Crippen LogP contribution < -0.4 is 5.32 Å². The predicted molar refractivity (Wildman–Crippen MR) is 59.8 cm³/mol. The Labute approximate surface area is 89.7 Å². The van der Waals surface area contributed by atoms with Gasteiger partial charge >= 0.3 is 0 Å². The van der Waals surface area contributed by atoms with Crippen LogP contribution >= 0.6 is 0 Å². The quantitative estimate of drug-likeness (QED) is 0.525. The van der Waals surface area contributed by atoms with Crippen molar-refractivity contribution in [3.8, 4) is 0 Å². The van der Waals surface area contributed by atoms with Gasteiger partial charge in [-0.15, -0.1) is 16.8 Å². The normalized spacial score (nSPS) is 16.2. The van der Waals surface area contributed by atoms with Crippen LogP contribution in [0.25, 0.3) is 0 Å². The average Bonchev–Trinajstić information content (AvgIpc) is 2.84. The van der Waals surface area contributed by atoms with Gasteiger partial charge in [-0.1, -0.05) is 17.2 Å². The van der Waals surface area contributed by atoms with Crippen LogP contribution in [0.1, 0.15) is 35.1 Å². The summed E-state index contributed by atoms with van der Waals surface area (Å²) in [5, 5.41) is 2.80. The van der Waals surface area contributed by atoms with Gasteiger partial charge in [-0.05, 0) is 38.5 Å². The SMILES string of the molecule is O=[C-]Nc1c2c(cc3c1CCC3)CCC2.[Rf]. The number of amides is 1. The summed E-state index contributed by atoms with van der Waals surface area (Å²) in [6.07, 6.45) is 8.89. The molecule has 0 unspecified atom stereocenters. The molecular formula is C13H14NORf-. The molecule has 0 saturated carbocycles. The largest absolute Gasteiger partial charge is 0.490 e. The van der Waals surface area contributed by atoms with Crippen molar-refractivity contribution in [3.05, 3.63) is 28.3 Å². The molecule has 1 amide bonds. The van der Waals surface area contributed by atoms with Gasteiger partial charge in [0, 0.05) is 0 Å². The van der Waals surface area contributed by atoms with Crippen molar-refractivity contribution in [1.29, 1.82) is 0 Å². The Bertz CT molecular complexity index is 396. The number of benzene rings is 1. The molecule has 2 nitrogen and oxygen atoms in total. The summed E-state index contributed by atoms with van der Waals surface area (Å²) >= 11 is 0. The molecule has 0 aliphatic heterocycles. The van der Waals surface area contributed by atoms with Crippen molar-refractivity contribution in [1.82, 2.24) is 0 Å². The van der Waals surface area contributed by atoms with E-state index in [1.807, 2.05) is 6.41 Å². The Morgan fingerprint density at radius 1 is 1.00 bits per heavy atom. The number of nitrogens with one attached hydrogen (secondary N) is 1. The smallest absolute Gasteiger partial charge is 0.0692 e. The third-order valence-electron chi connectivity index (χ3n) is 3.65. The van der Waals surface area contributed by atoms with Crippen LogP contribution in [-0.2, 0) is 30.5 Å². The van der Waals surface area contributed by atoms with Gasteiger partial charge in [-0.3, -0.25) is 0 Å². The zero-order valence-electron chi connectivity index (χ0n) is 9.44. The van der Waals surface area contributed by atoms with E-state index in [4.69, 9.17) is 0 Å². The first-order chi connectivity index (χ1) is 7.40. The van der Waals surface area contributed by atoms with Crippen LogP contribution in [0.4, 0.5) is 5.69 Å². The van der Waals surface area contributed by atoms with Crippen LogP contribution in [0.3, 0.4) is 0 Å².